The molecule has 40 heavy (non-hydrogen) atoms. The minimum absolute atomic E-state index is 0.122. The normalized spacial score (nSPS) is 11.8. The van der Waals surface area contributed by atoms with Gasteiger partial charge in [-0.1, -0.05) is 24.3 Å². The quantitative estimate of drug-likeness (QED) is 0.0637. The maximum atomic E-state index is 12.9. The smallest absolute Gasteiger partial charge is 0.305 e. The Kier molecular flexibility index (Phi) is 12.8. The molecule has 0 bridgehead atoms. The lowest BCUT2D eigenvalue weighted by atomic mass is 10.1. The SMILES string of the molecule is NC(N)=NCCC[C@H](NC(=O)c1ccccc1S)C(=O)NCC(=O)N[C@@H](CC(=O)O)C(=O)Nc1ccccc1S. The number of hydrogen-bond acceptors (Lipinski definition) is 8. The van der Waals surface area contributed by atoms with E-state index in [9.17, 15) is 29.1 Å². The average molecular weight is 590 g/mol. The lowest BCUT2D eigenvalue weighted by Crippen LogP contribution is -2.51. The van der Waals surface area contributed by atoms with Crippen LogP contribution in [0.4, 0.5) is 5.69 Å². The van der Waals surface area contributed by atoms with Gasteiger partial charge in [-0.05, 0) is 37.1 Å². The van der Waals surface area contributed by atoms with Crippen LogP contribution in [0.25, 0.3) is 0 Å². The molecule has 0 unspecified atom stereocenters. The van der Waals surface area contributed by atoms with Crippen molar-refractivity contribution >= 4 is 66.5 Å². The molecule has 0 fully saturated rings. The number of nitrogens with one attached hydrogen (secondary N) is 4. The first-order valence-electron chi connectivity index (χ1n) is 12.0. The third kappa shape index (κ3) is 10.9. The molecule has 0 spiro atoms. The molecule has 15 heteroatoms. The van der Waals surface area contributed by atoms with Crippen molar-refractivity contribution in [3.05, 3.63) is 54.1 Å². The Morgan fingerprint density at radius 3 is 2.15 bits per heavy atom. The number of amides is 4. The maximum Gasteiger partial charge on any atom is 0.305 e. The lowest BCUT2D eigenvalue weighted by Gasteiger charge is -2.20. The van der Waals surface area contributed by atoms with E-state index in [0.29, 0.717) is 21.9 Å². The molecule has 2 aromatic rings. The van der Waals surface area contributed by atoms with Crippen molar-refractivity contribution < 1.29 is 29.1 Å². The minimum atomic E-state index is -1.43. The van der Waals surface area contributed by atoms with Gasteiger partial charge in [-0.3, -0.25) is 29.0 Å². The van der Waals surface area contributed by atoms with Gasteiger partial charge in [0.15, 0.2) is 5.96 Å². The number of nitrogens with zero attached hydrogens (tertiary/aromatic N) is 1. The molecular formula is C25H31N7O6S2. The summed E-state index contributed by atoms with van der Waals surface area (Å²) in [6.45, 7) is -0.387. The standard InChI is InChI=1S/C25H31N7O6S2/c26-25(27)28-11-5-8-16(32-22(36)14-6-1-3-9-18(14)39)23(37)29-13-20(33)30-17(12-21(34)35)24(38)31-15-7-2-4-10-19(15)40/h1-4,6-7,9-10,16-17,39-40H,5,8,11-13H2,(H,29,37)(H,30,33)(H,31,38)(H,32,36)(H,34,35)(H4,26,27,28)/t16-,17-/m0/s1. The highest BCUT2D eigenvalue weighted by atomic mass is 32.1. The van der Waals surface area contributed by atoms with Crippen molar-refractivity contribution in [1.82, 2.24) is 16.0 Å². The third-order valence-electron chi connectivity index (χ3n) is 5.33. The lowest BCUT2D eigenvalue weighted by molar-refractivity contribution is -0.140. The van der Waals surface area contributed by atoms with Gasteiger partial charge in [-0.15, -0.1) is 25.3 Å². The van der Waals surface area contributed by atoms with Crippen LogP contribution in [0.2, 0.25) is 0 Å². The molecule has 0 aliphatic carbocycles. The number of anilines is 1. The van der Waals surface area contributed by atoms with E-state index < -0.39 is 54.6 Å². The van der Waals surface area contributed by atoms with E-state index in [2.05, 4.69) is 51.5 Å². The van der Waals surface area contributed by atoms with E-state index >= 15 is 0 Å². The Labute approximate surface area is 241 Å². The summed E-state index contributed by atoms with van der Waals surface area (Å²) in [5, 5.41) is 19.0. The first-order chi connectivity index (χ1) is 19.0. The highest BCUT2D eigenvalue weighted by molar-refractivity contribution is 7.80. The number of thiol groups is 2. The largest absolute Gasteiger partial charge is 0.481 e. The van der Waals surface area contributed by atoms with Crippen LogP contribution in [0.3, 0.4) is 0 Å². The fourth-order valence-electron chi connectivity index (χ4n) is 3.39. The molecular weight excluding hydrogens is 558 g/mol. The molecule has 13 nitrogen and oxygen atoms in total. The Balaban J connectivity index is 2.04. The van der Waals surface area contributed by atoms with Crippen LogP contribution in [0.5, 0.6) is 0 Å². The van der Waals surface area contributed by atoms with E-state index in [1.165, 1.54) is 0 Å². The summed E-state index contributed by atoms with van der Waals surface area (Å²) in [7, 11) is 0. The van der Waals surface area contributed by atoms with Crippen LogP contribution in [0.15, 0.2) is 63.3 Å². The Morgan fingerprint density at radius 2 is 1.52 bits per heavy atom. The van der Waals surface area contributed by atoms with Crippen LogP contribution in [-0.4, -0.2) is 65.8 Å². The second-order valence-corrected chi connectivity index (χ2v) is 9.40. The fraction of sp³-hybridized carbons (Fsp3) is 0.280. The van der Waals surface area contributed by atoms with Crippen LogP contribution in [0, 0.1) is 0 Å². The number of carboxylic acids is 1. The maximum absolute atomic E-state index is 12.9. The van der Waals surface area contributed by atoms with Crippen LogP contribution >= 0.6 is 25.3 Å². The van der Waals surface area contributed by atoms with Crippen molar-refractivity contribution in [2.24, 2.45) is 16.5 Å². The zero-order valence-electron chi connectivity index (χ0n) is 21.3. The summed E-state index contributed by atoms with van der Waals surface area (Å²) in [6.07, 6.45) is -0.233. The van der Waals surface area contributed by atoms with E-state index in [0.717, 1.165) is 0 Å². The molecule has 2 rings (SSSR count). The average Bonchev–Trinajstić information content (AvgIpc) is 2.89. The number of aliphatic imine (C=N–C) groups is 1. The summed E-state index contributed by atoms with van der Waals surface area (Å²) in [5.41, 5.74) is 11.2. The van der Waals surface area contributed by atoms with E-state index in [1.54, 1.807) is 48.5 Å². The summed E-state index contributed by atoms with van der Waals surface area (Å²) in [6, 6.07) is 10.5. The first kappa shape index (κ1) is 32.0. The molecule has 0 aliphatic heterocycles. The second-order valence-electron chi connectivity index (χ2n) is 8.43. The van der Waals surface area contributed by atoms with E-state index in [4.69, 9.17) is 11.5 Å². The van der Waals surface area contributed by atoms with Crippen molar-refractivity contribution in [2.45, 2.75) is 41.1 Å². The number of rotatable bonds is 14. The Morgan fingerprint density at radius 1 is 0.875 bits per heavy atom. The van der Waals surface area contributed by atoms with Gasteiger partial charge in [-0.25, -0.2) is 0 Å². The molecule has 9 N–H and O–H groups in total. The highest BCUT2D eigenvalue weighted by Crippen LogP contribution is 2.19. The molecule has 4 amide bonds. The number of aliphatic carboxylic acids is 1. The summed E-state index contributed by atoms with van der Waals surface area (Å²) >= 11 is 8.49. The molecule has 0 saturated carbocycles. The number of carbonyl (C=O) groups excluding carboxylic acids is 4. The first-order valence-corrected chi connectivity index (χ1v) is 12.9. The molecule has 0 heterocycles. The van der Waals surface area contributed by atoms with Gasteiger partial charge in [0.05, 0.1) is 24.2 Å². The van der Waals surface area contributed by atoms with Gasteiger partial charge in [-0.2, -0.15) is 0 Å². The van der Waals surface area contributed by atoms with Crippen LogP contribution < -0.4 is 32.7 Å². The molecule has 0 radical (unpaired) electrons. The molecule has 2 atom stereocenters. The van der Waals surface area contributed by atoms with Crippen molar-refractivity contribution in [2.75, 3.05) is 18.4 Å². The zero-order chi connectivity index (χ0) is 29.7. The Hall–Kier alpha value is -4.24. The van der Waals surface area contributed by atoms with Crippen LogP contribution in [-0.2, 0) is 19.2 Å². The van der Waals surface area contributed by atoms with Gasteiger partial charge in [0, 0.05) is 16.3 Å². The number of benzene rings is 2. The molecule has 0 aromatic heterocycles. The van der Waals surface area contributed by atoms with E-state index in [1.807, 2.05) is 0 Å². The minimum Gasteiger partial charge on any atom is -0.481 e. The second kappa shape index (κ2) is 16.0. The fourth-order valence-corrected chi connectivity index (χ4v) is 3.87. The number of guanidine groups is 1. The Bertz CT molecular complexity index is 1270. The van der Waals surface area contributed by atoms with Gasteiger partial charge in [0.2, 0.25) is 17.7 Å². The zero-order valence-corrected chi connectivity index (χ0v) is 23.1. The van der Waals surface area contributed by atoms with Crippen molar-refractivity contribution in [3.63, 3.8) is 0 Å². The number of hydrogen-bond donors (Lipinski definition) is 9. The predicted octanol–water partition coefficient (Wildman–Crippen LogP) is 0.130. The number of nitrogens with two attached hydrogens (primary N) is 2. The van der Waals surface area contributed by atoms with Gasteiger partial charge in [0.25, 0.3) is 5.91 Å². The summed E-state index contributed by atoms with van der Waals surface area (Å²) < 4.78 is 0. The van der Waals surface area contributed by atoms with Gasteiger partial charge >= 0.3 is 5.97 Å². The predicted molar refractivity (Wildman–Crippen MR) is 154 cm³/mol. The highest BCUT2D eigenvalue weighted by Gasteiger charge is 2.26. The monoisotopic (exact) mass is 589 g/mol. The van der Waals surface area contributed by atoms with Crippen molar-refractivity contribution in [3.8, 4) is 0 Å². The molecule has 0 aliphatic rings. The summed E-state index contributed by atoms with van der Waals surface area (Å²) in [4.78, 5) is 66.9. The van der Waals surface area contributed by atoms with Crippen LogP contribution in [0.1, 0.15) is 29.6 Å². The third-order valence-corrected chi connectivity index (χ3v) is 6.11. The molecule has 0 saturated heterocycles. The number of carbonyl (C=O) groups is 5. The van der Waals surface area contributed by atoms with Crippen molar-refractivity contribution in [1.29, 1.82) is 0 Å². The molecule has 214 valence electrons. The summed E-state index contributed by atoms with van der Waals surface area (Å²) in [5.74, 6) is -4.29. The molecule has 2 aromatic carbocycles. The topological polar surface area (TPSA) is 218 Å². The van der Waals surface area contributed by atoms with E-state index in [-0.39, 0.29) is 24.5 Å². The number of carboxylic acid groups (broad SMARTS) is 1. The van der Waals surface area contributed by atoms with Gasteiger partial charge < -0.3 is 37.8 Å². The number of para-hydroxylation sites is 1. The van der Waals surface area contributed by atoms with Gasteiger partial charge in [0.1, 0.15) is 12.1 Å².